The van der Waals surface area contributed by atoms with Gasteiger partial charge in [-0.15, -0.1) is 0 Å². The summed E-state index contributed by atoms with van der Waals surface area (Å²) in [4.78, 5) is 4.31. The zero-order valence-corrected chi connectivity index (χ0v) is 11.9. The molecule has 0 atom stereocenters. The molecule has 96 valence electrons. The number of methoxy groups -OCH3 is 2. The second-order valence-corrected chi connectivity index (χ2v) is 4.36. The molecule has 0 amide bonds. The van der Waals surface area contributed by atoms with Crippen LogP contribution in [0.2, 0.25) is 0 Å². The average Bonchev–Trinajstić information content (AvgIpc) is 2.43. The first-order valence-electron chi connectivity index (χ1n) is 5.49. The zero-order valence-electron chi connectivity index (χ0n) is 10.3. The van der Waals surface area contributed by atoms with Gasteiger partial charge >= 0.3 is 0 Å². The van der Waals surface area contributed by atoms with Crippen LogP contribution in [0.3, 0.4) is 0 Å². The molecule has 1 aromatic heterocycles. The maximum absolute atomic E-state index is 5.61. The number of halogens is 1. The molecule has 0 aliphatic heterocycles. The van der Waals surface area contributed by atoms with E-state index in [1.807, 2.05) is 18.2 Å². The molecule has 1 aromatic carbocycles. The second-order valence-electron chi connectivity index (χ2n) is 3.57. The Morgan fingerprint density at radius 1 is 1.11 bits per heavy atom. The Bertz CT molecular complexity index is 545. The molecule has 2 rings (SSSR count). The smallest absolute Gasteiger partial charge is 0.163 e. The normalized spacial score (nSPS) is 10.4. The van der Waals surface area contributed by atoms with Gasteiger partial charge in [-0.05, 0) is 12.1 Å². The second kappa shape index (κ2) is 5.91. The maximum Gasteiger partial charge on any atom is 0.163 e. The minimum absolute atomic E-state index is 0.575. The number of rotatable bonds is 5. The average molecular weight is 312 g/mol. The number of pyridine rings is 1. The van der Waals surface area contributed by atoms with Gasteiger partial charge in [0.25, 0.3) is 0 Å². The van der Waals surface area contributed by atoms with Crippen molar-refractivity contribution in [1.29, 1.82) is 0 Å². The molecule has 5 heteroatoms. The number of nitrogens with zero attached hydrogens (tertiary/aromatic N) is 1. The minimum Gasteiger partial charge on any atom is -0.496 e. The van der Waals surface area contributed by atoms with Gasteiger partial charge in [0.2, 0.25) is 0 Å². The van der Waals surface area contributed by atoms with E-state index < -0.39 is 0 Å². The molecule has 0 aliphatic carbocycles. The molecule has 18 heavy (non-hydrogen) atoms. The van der Waals surface area contributed by atoms with E-state index in [2.05, 4.69) is 20.9 Å². The summed E-state index contributed by atoms with van der Waals surface area (Å²) in [5.74, 6) is 2.13. The predicted octanol–water partition coefficient (Wildman–Crippen LogP) is 3.03. The van der Waals surface area contributed by atoms with E-state index in [1.165, 1.54) is 0 Å². The molecule has 1 heterocycles. The van der Waals surface area contributed by atoms with E-state index in [-0.39, 0.29) is 0 Å². The van der Waals surface area contributed by atoms with Crippen molar-refractivity contribution in [2.45, 2.75) is 0 Å². The number of hydrogen-bond acceptors (Lipinski definition) is 4. The van der Waals surface area contributed by atoms with Crippen LogP contribution in [0, 0.1) is 0 Å². The Kier molecular flexibility index (Phi) is 4.25. The lowest BCUT2D eigenvalue weighted by Crippen LogP contribution is -2.00. The molecule has 0 saturated heterocycles. The van der Waals surface area contributed by atoms with Crippen LogP contribution in [0.5, 0.6) is 17.2 Å². The first-order valence-corrected chi connectivity index (χ1v) is 6.61. The van der Waals surface area contributed by atoms with Crippen LogP contribution in [0.1, 0.15) is 0 Å². The number of benzene rings is 1. The first-order chi connectivity index (χ1) is 8.80. The molecule has 0 radical (unpaired) electrons. The Morgan fingerprint density at radius 2 is 1.89 bits per heavy atom. The highest BCUT2D eigenvalue weighted by Gasteiger charge is 2.10. The highest BCUT2D eigenvalue weighted by Crippen LogP contribution is 2.35. The van der Waals surface area contributed by atoms with Crippen LogP contribution >= 0.6 is 15.9 Å². The van der Waals surface area contributed by atoms with Crippen LogP contribution in [0.4, 0.5) is 0 Å². The van der Waals surface area contributed by atoms with Crippen LogP contribution in [0.25, 0.3) is 10.9 Å². The minimum atomic E-state index is 0.575. The lowest BCUT2D eigenvalue weighted by molar-refractivity contribution is 0.315. The van der Waals surface area contributed by atoms with E-state index in [9.17, 15) is 0 Å². The van der Waals surface area contributed by atoms with E-state index in [0.717, 1.165) is 22.0 Å². The summed E-state index contributed by atoms with van der Waals surface area (Å²) in [5, 5.41) is 1.67. The highest BCUT2D eigenvalue weighted by molar-refractivity contribution is 9.09. The SMILES string of the molecule is COc1cc2c(OC)ccnc2cc1OCCBr. The van der Waals surface area contributed by atoms with Crippen molar-refractivity contribution >= 4 is 26.8 Å². The molecule has 0 bridgehead atoms. The quantitative estimate of drug-likeness (QED) is 0.796. The summed E-state index contributed by atoms with van der Waals surface area (Å²) in [6.45, 7) is 0.575. The zero-order chi connectivity index (χ0) is 13.0. The van der Waals surface area contributed by atoms with E-state index in [4.69, 9.17) is 14.2 Å². The summed E-state index contributed by atoms with van der Waals surface area (Å²) in [7, 11) is 3.25. The lowest BCUT2D eigenvalue weighted by atomic mass is 10.2. The summed E-state index contributed by atoms with van der Waals surface area (Å²) in [6, 6.07) is 5.56. The van der Waals surface area contributed by atoms with Gasteiger partial charge in [-0.1, -0.05) is 15.9 Å². The summed E-state index contributed by atoms with van der Waals surface area (Å²) >= 11 is 3.32. The van der Waals surface area contributed by atoms with Crippen molar-refractivity contribution in [1.82, 2.24) is 4.98 Å². The molecule has 0 saturated carbocycles. The number of alkyl halides is 1. The van der Waals surface area contributed by atoms with Gasteiger partial charge in [-0.25, -0.2) is 0 Å². The van der Waals surface area contributed by atoms with Crippen LogP contribution in [0.15, 0.2) is 24.4 Å². The van der Waals surface area contributed by atoms with E-state index in [0.29, 0.717) is 18.1 Å². The van der Waals surface area contributed by atoms with Gasteiger partial charge in [0, 0.05) is 23.0 Å². The highest BCUT2D eigenvalue weighted by atomic mass is 79.9. The van der Waals surface area contributed by atoms with Gasteiger partial charge in [0.05, 0.1) is 26.3 Å². The molecule has 0 fully saturated rings. The fourth-order valence-electron chi connectivity index (χ4n) is 1.73. The van der Waals surface area contributed by atoms with Crippen molar-refractivity contribution in [3.8, 4) is 17.2 Å². The van der Waals surface area contributed by atoms with Crippen molar-refractivity contribution in [2.75, 3.05) is 26.2 Å². The Labute approximate surface area is 114 Å². The largest absolute Gasteiger partial charge is 0.496 e. The van der Waals surface area contributed by atoms with Crippen LogP contribution in [-0.4, -0.2) is 31.1 Å². The third kappa shape index (κ3) is 2.51. The number of aromatic nitrogens is 1. The molecular weight excluding hydrogens is 298 g/mol. The number of hydrogen-bond donors (Lipinski definition) is 0. The monoisotopic (exact) mass is 311 g/mol. The van der Waals surface area contributed by atoms with Gasteiger partial charge < -0.3 is 14.2 Å². The Balaban J connectivity index is 2.53. The summed E-state index contributed by atoms with van der Waals surface area (Å²) in [5.41, 5.74) is 0.819. The molecule has 2 aromatic rings. The first kappa shape index (κ1) is 13.0. The summed E-state index contributed by atoms with van der Waals surface area (Å²) < 4.78 is 16.2. The predicted molar refractivity (Wildman–Crippen MR) is 74.1 cm³/mol. The van der Waals surface area contributed by atoms with Gasteiger partial charge in [-0.2, -0.15) is 0 Å². The van der Waals surface area contributed by atoms with Crippen LogP contribution < -0.4 is 14.2 Å². The van der Waals surface area contributed by atoms with E-state index >= 15 is 0 Å². The molecule has 0 unspecified atom stereocenters. The van der Waals surface area contributed by atoms with Crippen molar-refractivity contribution < 1.29 is 14.2 Å². The third-order valence-corrected chi connectivity index (χ3v) is 2.87. The summed E-state index contributed by atoms with van der Waals surface area (Å²) in [6.07, 6.45) is 1.71. The van der Waals surface area contributed by atoms with Gasteiger partial charge in [0.1, 0.15) is 5.75 Å². The van der Waals surface area contributed by atoms with Crippen molar-refractivity contribution in [3.05, 3.63) is 24.4 Å². The standard InChI is InChI=1S/C13H14BrNO3/c1-16-11-3-5-15-10-8-13(18-6-4-14)12(17-2)7-9(10)11/h3,5,7-8H,4,6H2,1-2H3. The topological polar surface area (TPSA) is 40.6 Å². The van der Waals surface area contributed by atoms with Crippen LogP contribution in [-0.2, 0) is 0 Å². The maximum atomic E-state index is 5.61. The molecule has 4 nitrogen and oxygen atoms in total. The lowest BCUT2D eigenvalue weighted by Gasteiger charge is -2.12. The molecule has 0 aliphatic rings. The molecule has 0 N–H and O–H groups in total. The van der Waals surface area contributed by atoms with Gasteiger partial charge in [0.15, 0.2) is 11.5 Å². The van der Waals surface area contributed by atoms with Crippen molar-refractivity contribution in [2.24, 2.45) is 0 Å². The third-order valence-electron chi connectivity index (χ3n) is 2.54. The van der Waals surface area contributed by atoms with Crippen molar-refractivity contribution in [3.63, 3.8) is 0 Å². The Hall–Kier alpha value is -1.49. The Morgan fingerprint density at radius 3 is 2.56 bits per heavy atom. The fourth-order valence-corrected chi connectivity index (χ4v) is 1.89. The number of fused-ring (bicyclic) bond motifs is 1. The molecule has 0 spiro atoms. The van der Waals surface area contributed by atoms with E-state index in [1.54, 1.807) is 20.4 Å². The fraction of sp³-hybridized carbons (Fsp3) is 0.308. The van der Waals surface area contributed by atoms with Gasteiger partial charge in [-0.3, -0.25) is 4.98 Å². The number of ether oxygens (including phenoxy) is 3. The molecular formula is C13H14BrNO3.